The fourth-order valence-electron chi connectivity index (χ4n) is 2.97. The van der Waals surface area contributed by atoms with E-state index in [1.54, 1.807) is 0 Å². The molecule has 1 aliphatic carbocycles. The molecular formula is C15H20N2O. The van der Waals surface area contributed by atoms with Gasteiger partial charge in [-0.2, -0.15) is 0 Å². The lowest BCUT2D eigenvalue weighted by atomic mass is 9.99. The van der Waals surface area contributed by atoms with Gasteiger partial charge in [-0.05, 0) is 43.9 Å². The molecule has 1 aliphatic rings. The molecule has 1 atom stereocenters. The Morgan fingerprint density at radius 2 is 2.11 bits per heavy atom. The third-order valence-corrected chi connectivity index (χ3v) is 4.00. The van der Waals surface area contributed by atoms with Crippen LogP contribution in [0.5, 0.6) is 0 Å². The highest BCUT2D eigenvalue weighted by Crippen LogP contribution is 2.29. The van der Waals surface area contributed by atoms with Crippen LogP contribution in [0.3, 0.4) is 0 Å². The number of fused-ring (bicyclic) bond motifs is 1. The Labute approximate surface area is 108 Å². The molecule has 1 N–H and O–H groups in total. The van der Waals surface area contributed by atoms with Gasteiger partial charge in [-0.25, -0.2) is 4.98 Å². The molecule has 3 rings (SSSR count). The standard InChI is InChI=1S/C15H20N2O/c1-10(12-5-3-4-6-12)16-13-7-8-15-14(9-13)17-11(2)18-15/h7-10,12,16H,3-6H2,1-2H3. The number of aromatic nitrogens is 1. The van der Waals surface area contributed by atoms with E-state index in [1.807, 2.05) is 13.0 Å². The summed E-state index contributed by atoms with van der Waals surface area (Å²) in [7, 11) is 0. The summed E-state index contributed by atoms with van der Waals surface area (Å²) >= 11 is 0. The van der Waals surface area contributed by atoms with Gasteiger partial charge in [-0.3, -0.25) is 0 Å². The average molecular weight is 244 g/mol. The molecule has 0 amide bonds. The topological polar surface area (TPSA) is 38.1 Å². The van der Waals surface area contributed by atoms with Gasteiger partial charge in [0, 0.05) is 18.7 Å². The second-order valence-electron chi connectivity index (χ2n) is 5.39. The minimum absolute atomic E-state index is 0.540. The molecule has 1 fully saturated rings. The van der Waals surface area contributed by atoms with Gasteiger partial charge in [-0.1, -0.05) is 12.8 Å². The predicted molar refractivity (Wildman–Crippen MR) is 73.8 cm³/mol. The fourth-order valence-corrected chi connectivity index (χ4v) is 2.97. The molecule has 3 nitrogen and oxygen atoms in total. The second-order valence-corrected chi connectivity index (χ2v) is 5.39. The smallest absolute Gasteiger partial charge is 0.192 e. The molecule has 3 heteroatoms. The summed E-state index contributed by atoms with van der Waals surface area (Å²) in [5.41, 5.74) is 2.96. The molecule has 1 aromatic carbocycles. The summed E-state index contributed by atoms with van der Waals surface area (Å²) in [6.45, 7) is 4.17. The van der Waals surface area contributed by atoms with E-state index in [0.29, 0.717) is 6.04 Å². The molecule has 0 bridgehead atoms. The van der Waals surface area contributed by atoms with Crippen molar-refractivity contribution in [2.45, 2.75) is 45.6 Å². The van der Waals surface area contributed by atoms with Crippen molar-refractivity contribution in [2.24, 2.45) is 5.92 Å². The van der Waals surface area contributed by atoms with E-state index in [0.717, 1.165) is 28.6 Å². The lowest BCUT2D eigenvalue weighted by Crippen LogP contribution is -2.23. The Balaban J connectivity index is 1.77. The van der Waals surface area contributed by atoms with E-state index >= 15 is 0 Å². The number of hydrogen-bond acceptors (Lipinski definition) is 3. The first-order valence-electron chi connectivity index (χ1n) is 6.86. The number of nitrogens with zero attached hydrogens (tertiary/aromatic N) is 1. The number of benzene rings is 1. The Morgan fingerprint density at radius 1 is 1.33 bits per heavy atom. The van der Waals surface area contributed by atoms with Crippen LogP contribution >= 0.6 is 0 Å². The van der Waals surface area contributed by atoms with E-state index in [1.165, 1.54) is 25.7 Å². The molecule has 1 unspecified atom stereocenters. The molecule has 96 valence electrons. The molecule has 0 saturated heterocycles. The van der Waals surface area contributed by atoms with Crippen molar-refractivity contribution < 1.29 is 4.42 Å². The normalized spacial score (nSPS) is 18.3. The van der Waals surface area contributed by atoms with Crippen LogP contribution in [0.4, 0.5) is 5.69 Å². The summed E-state index contributed by atoms with van der Waals surface area (Å²) in [6.07, 6.45) is 5.50. The minimum Gasteiger partial charge on any atom is -0.441 e. The Kier molecular flexibility index (Phi) is 2.98. The Bertz CT molecular complexity index is 540. The van der Waals surface area contributed by atoms with Gasteiger partial charge < -0.3 is 9.73 Å². The van der Waals surface area contributed by atoms with E-state index in [9.17, 15) is 0 Å². The lowest BCUT2D eigenvalue weighted by Gasteiger charge is -2.21. The minimum atomic E-state index is 0.540. The average Bonchev–Trinajstić information content (AvgIpc) is 2.95. The van der Waals surface area contributed by atoms with Crippen LogP contribution in [0.25, 0.3) is 11.1 Å². The van der Waals surface area contributed by atoms with Crippen molar-refractivity contribution in [3.05, 3.63) is 24.1 Å². The Morgan fingerprint density at radius 3 is 2.89 bits per heavy atom. The van der Waals surface area contributed by atoms with Crippen LogP contribution in [0.1, 0.15) is 38.5 Å². The van der Waals surface area contributed by atoms with Gasteiger partial charge >= 0.3 is 0 Å². The van der Waals surface area contributed by atoms with Crippen molar-refractivity contribution in [3.8, 4) is 0 Å². The van der Waals surface area contributed by atoms with E-state index < -0.39 is 0 Å². The summed E-state index contributed by atoms with van der Waals surface area (Å²) in [5.74, 6) is 1.55. The Hall–Kier alpha value is -1.51. The number of nitrogens with one attached hydrogen (secondary N) is 1. The highest BCUT2D eigenvalue weighted by atomic mass is 16.3. The molecule has 0 spiro atoms. The van der Waals surface area contributed by atoms with Crippen molar-refractivity contribution >= 4 is 16.8 Å². The van der Waals surface area contributed by atoms with Gasteiger partial charge in [0.15, 0.2) is 11.5 Å². The molecular weight excluding hydrogens is 224 g/mol. The first kappa shape index (κ1) is 11.6. The van der Waals surface area contributed by atoms with Crippen LogP contribution in [-0.2, 0) is 0 Å². The number of anilines is 1. The maximum atomic E-state index is 5.49. The van der Waals surface area contributed by atoms with Gasteiger partial charge in [0.2, 0.25) is 0 Å². The molecule has 1 saturated carbocycles. The van der Waals surface area contributed by atoms with Gasteiger partial charge in [-0.15, -0.1) is 0 Å². The second kappa shape index (κ2) is 4.63. The third kappa shape index (κ3) is 2.22. The van der Waals surface area contributed by atoms with E-state index in [-0.39, 0.29) is 0 Å². The first-order valence-corrected chi connectivity index (χ1v) is 6.86. The SMILES string of the molecule is Cc1nc2cc(NC(C)C3CCCC3)ccc2o1. The number of aryl methyl sites for hydroxylation is 1. The fraction of sp³-hybridized carbons (Fsp3) is 0.533. The molecule has 2 aromatic rings. The van der Waals surface area contributed by atoms with Gasteiger partial charge in [0.1, 0.15) is 5.52 Å². The van der Waals surface area contributed by atoms with Crippen molar-refractivity contribution in [3.63, 3.8) is 0 Å². The van der Waals surface area contributed by atoms with Crippen LogP contribution in [0.2, 0.25) is 0 Å². The summed E-state index contributed by atoms with van der Waals surface area (Å²) in [5, 5.41) is 3.60. The zero-order valence-corrected chi connectivity index (χ0v) is 11.1. The zero-order valence-electron chi connectivity index (χ0n) is 11.1. The number of rotatable bonds is 3. The summed E-state index contributed by atoms with van der Waals surface area (Å²) in [4.78, 5) is 4.37. The quantitative estimate of drug-likeness (QED) is 0.882. The molecule has 0 radical (unpaired) electrons. The monoisotopic (exact) mass is 244 g/mol. The maximum absolute atomic E-state index is 5.49. The van der Waals surface area contributed by atoms with Gasteiger partial charge in [0.05, 0.1) is 0 Å². The lowest BCUT2D eigenvalue weighted by molar-refractivity contribution is 0.482. The largest absolute Gasteiger partial charge is 0.441 e. The highest BCUT2D eigenvalue weighted by Gasteiger charge is 2.21. The van der Waals surface area contributed by atoms with E-state index in [2.05, 4.69) is 29.4 Å². The number of hydrogen-bond donors (Lipinski definition) is 1. The zero-order chi connectivity index (χ0) is 12.5. The molecule has 18 heavy (non-hydrogen) atoms. The maximum Gasteiger partial charge on any atom is 0.192 e. The van der Waals surface area contributed by atoms with Crippen LogP contribution in [0, 0.1) is 12.8 Å². The van der Waals surface area contributed by atoms with Crippen LogP contribution in [-0.4, -0.2) is 11.0 Å². The van der Waals surface area contributed by atoms with Gasteiger partial charge in [0.25, 0.3) is 0 Å². The highest BCUT2D eigenvalue weighted by molar-refractivity contribution is 5.77. The molecule has 0 aliphatic heterocycles. The summed E-state index contributed by atoms with van der Waals surface area (Å²) in [6, 6.07) is 6.70. The van der Waals surface area contributed by atoms with Crippen LogP contribution in [0.15, 0.2) is 22.6 Å². The summed E-state index contributed by atoms with van der Waals surface area (Å²) < 4.78 is 5.49. The number of oxazole rings is 1. The van der Waals surface area contributed by atoms with Crippen molar-refractivity contribution in [1.82, 2.24) is 4.98 Å². The van der Waals surface area contributed by atoms with Crippen molar-refractivity contribution in [1.29, 1.82) is 0 Å². The van der Waals surface area contributed by atoms with Crippen molar-refractivity contribution in [2.75, 3.05) is 5.32 Å². The third-order valence-electron chi connectivity index (χ3n) is 4.00. The first-order chi connectivity index (χ1) is 8.72. The molecule has 1 heterocycles. The van der Waals surface area contributed by atoms with E-state index in [4.69, 9.17) is 4.42 Å². The predicted octanol–water partition coefficient (Wildman–Crippen LogP) is 4.13. The van der Waals surface area contributed by atoms with Crippen LogP contribution < -0.4 is 5.32 Å². The molecule has 1 aromatic heterocycles.